The van der Waals surface area contributed by atoms with Gasteiger partial charge in [-0.15, -0.1) is 0 Å². The number of nitrogens with zero attached hydrogens (tertiary/aromatic N) is 5. The molecule has 1 amide bonds. The third-order valence-corrected chi connectivity index (χ3v) is 4.95. The van der Waals surface area contributed by atoms with Gasteiger partial charge in [0.25, 0.3) is 5.89 Å². The summed E-state index contributed by atoms with van der Waals surface area (Å²) in [6.45, 7) is 0.721. The van der Waals surface area contributed by atoms with Crippen molar-refractivity contribution in [2.45, 2.75) is 38.1 Å². The van der Waals surface area contributed by atoms with Crippen molar-refractivity contribution in [2.24, 2.45) is 7.05 Å². The molecule has 3 heterocycles. The molecule has 0 N–H and O–H groups in total. The fourth-order valence-electron chi connectivity index (χ4n) is 3.58. The van der Waals surface area contributed by atoms with Gasteiger partial charge < -0.3 is 9.42 Å². The molecule has 1 aliphatic rings. The standard InChI is InChI=1S/C20H23N5O2/c1-24-14-15(13-21-24)12-18(26)25-11-7-3-6-10-17(25)19-22-20(27-23-19)16-8-4-2-5-9-16/h2,4-5,8-9,13-14,17H,3,6-7,10-12H2,1H3/t17-/m1/s1. The molecule has 2 aromatic heterocycles. The van der Waals surface area contributed by atoms with Gasteiger partial charge in [0.2, 0.25) is 5.91 Å². The Hall–Kier alpha value is -2.96. The highest BCUT2D eigenvalue weighted by molar-refractivity contribution is 5.79. The number of benzene rings is 1. The molecule has 27 heavy (non-hydrogen) atoms. The largest absolute Gasteiger partial charge is 0.334 e. The van der Waals surface area contributed by atoms with Crippen molar-refractivity contribution in [3.8, 4) is 11.5 Å². The summed E-state index contributed by atoms with van der Waals surface area (Å²) in [6.07, 6.45) is 7.98. The Morgan fingerprint density at radius 2 is 2.07 bits per heavy atom. The molecule has 1 atom stereocenters. The molecular formula is C20H23N5O2. The lowest BCUT2D eigenvalue weighted by Crippen LogP contribution is -2.36. The predicted molar refractivity (Wildman–Crippen MR) is 99.6 cm³/mol. The van der Waals surface area contributed by atoms with Crippen LogP contribution in [0.2, 0.25) is 0 Å². The average molecular weight is 365 g/mol. The Morgan fingerprint density at radius 3 is 2.85 bits per heavy atom. The second-order valence-electron chi connectivity index (χ2n) is 6.98. The summed E-state index contributed by atoms with van der Waals surface area (Å²) in [6, 6.07) is 9.57. The molecule has 3 aromatic rings. The van der Waals surface area contributed by atoms with E-state index in [1.165, 1.54) is 0 Å². The van der Waals surface area contributed by atoms with Crippen molar-refractivity contribution in [1.82, 2.24) is 24.8 Å². The smallest absolute Gasteiger partial charge is 0.257 e. The van der Waals surface area contributed by atoms with Crippen molar-refractivity contribution in [3.63, 3.8) is 0 Å². The van der Waals surface area contributed by atoms with Gasteiger partial charge in [0.05, 0.1) is 18.7 Å². The minimum atomic E-state index is -0.141. The van der Waals surface area contributed by atoms with E-state index in [0.717, 1.165) is 43.4 Å². The lowest BCUT2D eigenvalue weighted by molar-refractivity contribution is -0.133. The van der Waals surface area contributed by atoms with E-state index in [0.29, 0.717) is 18.1 Å². The van der Waals surface area contributed by atoms with Gasteiger partial charge >= 0.3 is 0 Å². The third-order valence-electron chi connectivity index (χ3n) is 4.95. The van der Waals surface area contributed by atoms with Gasteiger partial charge in [-0.3, -0.25) is 9.48 Å². The van der Waals surface area contributed by atoms with Crippen LogP contribution in [0.4, 0.5) is 0 Å². The summed E-state index contributed by atoms with van der Waals surface area (Å²) in [7, 11) is 1.85. The maximum Gasteiger partial charge on any atom is 0.257 e. The van der Waals surface area contributed by atoms with Crippen molar-refractivity contribution >= 4 is 5.91 Å². The van der Waals surface area contributed by atoms with Crippen LogP contribution in [-0.4, -0.2) is 37.3 Å². The molecule has 0 aliphatic carbocycles. The quantitative estimate of drug-likeness (QED) is 0.710. The number of likely N-dealkylation sites (tertiary alicyclic amines) is 1. The summed E-state index contributed by atoms with van der Waals surface area (Å²) in [5.41, 5.74) is 1.81. The van der Waals surface area contributed by atoms with E-state index in [2.05, 4.69) is 15.2 Å². The highest BCUT2D eigenvalue weighted by Crippen LogP contribution is 2.30. The number of carbonyl (C=O) groups is 1. The second kappa shape index (κ2) is 7.73. The molecule has 0 bridgehead atoms. The lowest BCUT2D eigenvalue weighted by Gasteiger charge is -2.27. The molecule has 4 rings (SSSR count). The lowest BCUT2D eigenvalue weighted by atomic mass is 10.1. The molecule has 7 nitrogen and oxygen atoms in total. The fourth-order valence-corrected chi connectivity index (χ4v) is 3.58. The molecule has 1 aromatic carbocycles. The van der Waals surface area contributed by atoms with E-state index in [-0.39, 0.29) is 11.9 Å². The van der Waals surface area contributed by atoms with E-state index < -0.39 is 0 Å². The molecule has 0 radical (unpaired) electrons. The first-order valence-electron chi connectivity index (χ1n) is 9.37. The summed E-state index contributed by atoms with van der Waals surface area (Å²) in [5.74, 6) is 1.17. The van der Waals surface area contributed by atoms with Crippen molar-refractivity contribution in [2.75, 3.05) is 6.54 Å². The molecule has 140 valence electrons. The van der Waals surface area contributed by atoms with Crippen LogP contribution in [0.3, 0.4) is 0 Å². The second-order valence-corrected chi connectivity index (χ2v) is 6.98. The average Bonchev–Trinajstić information content (AvgIpc) is 3.25. The van der Waals surface area contributed by atoms with E-state index in [9.17, 15) is 4.79 Å². The molecular weight excluding hydrogens is 342 g/mol. The van der Waals surface area contributed by atoms with Gasteiger partial charge in [-0.05, 0) is 30.5 Å². The number of aromatic nitrogens is 4. The topological polar surface area (TPSA) is 77.0 Å². The molecule has 7 heteroatoms. The van der Waals surface area contributed by atoms with Crippen LogP contribution < -0.4 is 0 Å². The van der Waals surface area contributed by atoms with Gasteiger partial charge in [-0.2, -0.15) is 10.1 Å². The number of hydrogen-bond acceptors (Lipinski definition) is 5. The van der Waals surface area contributed by atoms with Gasteiger partial charge in [0, 0.05) is 25.4 Å². The first-order chi connectivity index (χ1) is 13.2. The highest BCUT2D eigenvalue weighted by atomic mass is 16.5. The van der Waals surface area contributed by atoms with E-state index in [4.69, 9.17) is 4.52 Å². The monoisotopic (exact) mass is 365 g/mol. The van der Waals surface area contributed by atoms with Crippen LogP contribution in [0.5, 0.6) is 0 Å². The summed E-state index contributed by atoms with van der Waals surface area (Å²) >= 11 is 0. The number of carbonyl (C=O) groups excluding carboxylic acids is 1. The van der Waals surface area contributed by atoms with Gasteiger partial charge in [0.1, 0.15) is 0 Å². The Morgan fingerprint density at radius 1 is 1.22 bits per heavy atom. The number of rotatable bonds is 4. The molecule has 1 fully saturated rings. The first-order valence-corrected chi connectivity index (χ1v) is 9.37. The van der Waals surface area contributed by atoms with Gasteiger partial charge in [-0.25, -0.2) is 0 Å². The zero-order valence-electron chi connectivity index (χ0n) is 15.4. The van der Waals surface area contributed by atoms with Crippen molar-refractivity contribution < 1.29 is 9.32 Å². The predicted octanol–water partition coefficient (Wildman–Crippen LogP) is 3.16. The number of hydrogen-bond donors (Lipinski definition) is 0. The summed E-state index contributed by atoms with van der Waals surface area (Å²) < 4.78 is 7.20. The first kappa shape index (κ1) is 17.5. The molecule has 1 saturated heterocycles. The zero-order valence-corrected chi connectivity index (χ0v) is 15.4. The van der Waals surface area contributed by atoms with Crippen LogP contribution in [-0.2, 0) is 18.3 Å². The molecule has 0 unspecified atom stereocenters. The Kier molecular flexibility index (Phi) is 5.00. The normalized spacial score (nSPS) is 17.7. The molecule has 1 aliphatic heterocycles. The number of amides is 1. The van der Waals surface area contributed by atoms with E-state index in [1.54, 1.807) is 10.9 Å². The fraction of sp³-hybridized carbons (Fsp3) is 0.400. The van der Waals surface area contributed by atoms with Crippen molar-refractivity contribution in [3.05, 3.63) is 54.1 Å². The maximum atomic E-state index is 13.0. The third kappa shape index (κ3) is 3.92. The van der Waals surface area contributed by atoms with E-state index in [1.807, 2.05) is 48.5 Å². The van der Waals surface area contributed by atoms with Crippen LogP contribution in [0.15, 0.2) is 47.2 Å². The Balaban J connectivity index is 1.57. The summed E-state index contributed by atoms with van der Waals surface area (Å²) in [5, 5.41) is 8.36. The van der Waals surface area contributed by atoms with Crippen LogP contribution in [0, 0.1) is 0 Å². The van der Waals surface area contributed by atoms with Crippen LogP contribution in [0.25, 0.3) is 11.5 Å². The zero-order chi connectivity index (χ0) is 18.6. The SMILES string of the molecule is Cn1cc(CC(=O)N2CCCCC[C@@H]2c2noc(-c3ccccc3)n2)cn1. The van der Waals surface area contributed by atoms with Gasteiger partial charge in [-0.1, -0.05) is 36.2 Å². The Bertz CT molecular complexity index is 902. The van der Waals surface area contributed by atoms with E-state index >= 15 is 0 Å². The summed E-state index contributed by atoms with van der Waals surface area (Å²) in [4.78, 5) is 19.5. The van der Waals surface area contributed by atoms with Gasteiger partial charge in [0.15, 0.2) is 5.82 Å². The molecule has 0 spiro atoms. The Labute approximate surface area is 158 Å². The van der Waals surface area contributed by atoms with Crippen LogP contribution in [0.1, 0.15) is 43.1 Å². The molecule has 0 saturated carbocycles. The van der Waals surface area contributed by atoms with Crippen molar-refractivity contribution in [1.29, 1.82) is 0 Å². The minimum absolute atomic E-state index is 0.0842. The highest BCUT2D eigenvalue weighted by Gasteiger charge is 2.30. The maximum absolute atomic E-state index is 13.0. The minimum Gasteiger partial charge on any atom is -0.334 e. The number of aryl methyl sites for hydroxylation is 1. The van der Waals surface area contributed by atoms with Crippen LogP contribution >= 0.6 is 0 Å².